The van der Waals surface area contributed by atoms with Crippen LogP contribution in [-0.4, -0.2) is 6.04 Å². The summed E-state index contributed by atoms with van der Waals surface area (Å²) in [6.45, 7) is 3.02. The van der Waals surface area contributed by atoms with Crippen LogP contribution in [-0.2, 0) is 13.0 Å². The Hall–Kier alpha value is -1.02. The van der Waals surface area contributed by atoms with Crippen molar-refractivity contribution < 1.29 is 0 Å². The van der Waals surface area contributed by atoms with Crippen molar-refractivity contribution in [1.29, 1.82) is 0 Å². The molecule has 2 aromatic rings. The Bertz CT molecular complexity index is 540. The van der Waals surface area contributed by atoms with Gasteiger partial charge in [0.1, 0.15) is 0 Å². The Labute approximate surface area is 130 Å². The predicted molar refractivity (Wildman–Crippen MR) is 87.5 cm³/mol. The van der Waals surface area contributed by atoms with Crippen molar-refractivity contribution in [2.45, 2.75) is 32.4 Å². The van der Waals surface area contributed by atoms with E-state index in [1.807, 2.05) is 18.2 Å². The van der Waals surface area contributed by atoms with Crippen LogP contribution in [0.15, 0.2) is 48.5 Å². The van der Waals surface area contributed by atoms with Crippen molar-refractivity contribution in [3.63, 3.8) is 0 Å². The Kier molecular flexibility index (Phi) is 5.90. The number of halogens is 2. The van der Waals surface area contributed by atoms with E-state index in [0.717, 1.165) is 24.9 Å². The first-order valence-electron chi connectivity index (χ1n) is 6.86. The van der Waals surface area contributed by atoms with E-state index in [0.29, 0.717) is 16.1 Å². The molecule has 1 atom stereocenters. The summed E-state index contributed by atoms with van der Waals surface area (Å²) in [5.41, 5.74) is 2.54. The third-order valence-corrected chi connectivity index (χ3v) is 4.09. The van der Waals surface area contributed by atoms with E-state index in [2.05, 4.69) is 42.6 Å². The molecule has 0 aliphatic heterocycles. The van der Waals surface area contributed by atoms with Crippen LogP contribution in [0.3, 0.4) is 0 Å². The molecule has 2 aromatic carbocycles. The molecule has 1 N–H and O–H groups in total. The Balaban J connectivity index is 1.77. The fourth-order valence-electron chi connectivity index (χ4n) is 2.07. The lowest BCUT2D eigenvalue weighted by molar-refractivity contribution is 0.514. The fraction of sp³-hybridized carbons (Fsp3) is 0.294. The van der Waals surface area contributed by atoms with Gasteiger partial charge in [-0.05, 0) is 43.0 Å². The average molecular weight is 308 g/mol. The number of nitrogens with one attached hydrogen (secondary N) is 1. The summed E-state index contributed by atoms with van der Waals surface area (Å²) in [4.78, 5) is 0. The van der Waals surface area contributed by atoms with Gasteiger partial charge >= 0.3 is 0 Å². The molecule has 0 saturated heterocycles. The topological polar surface area (TPSA) is 12.0 Å². The highest BCUT2D eigenvalue weighted by Gasteiger charge is 2.04. The molecule has 0 unspecified atom stereocenters. The third kappa shape index (κ3) is 4.82. The van der Waals surface area contributed by atoms with Crippen molar-refractivity contribution in [2.24, 2.45) is 0 Å². The highest BCUT2D eigenvalue weighted by molar-refractivity contribution is 6.42. The number of hydrogen-bond acceptors (Lipinski definition) is 1. The van der Waals surface area contributed by atoms with Crippen LogP contribution in [0, 0.1) is 0 Å². The Morgan fingerprint density at radius 2 is 1.70 bits per heavy atom. The smallest absolute Gasteiger partial charge is 0.0595 e. The molecular weight excluding hydrogens is 289 g/mol. The monoisotopic (exact) mass is 307 g/mol. The lowest BCUT2D eigenvalue weighted by atomic mass is 10.1. The SMILES string of the molecule is C[C@H](CCc1ccccc1)NCc1ccc(Cl)c(Cl)c1. The van der Waals surface area contributed by atoms with Gasteiger partial charge in [0.2, 0.25) is 0 Å². The molecule has 106 valence electrons. The van der Waals surface area contributed by atoms with Gasteiger partial charge in [0.05, 0.1) is 10.0 Å². The second-order valence-electron chi connectivity index (χ2n) is 5.05. The molecule has 0 aliphatic rings. The summed E-state index contributed by atoms with van der Waals surface area (Å²) < 4.78 is 0. The lowest BCUT2D eigenvalue weighted by Crippen LogP contribution is -2.25. The second-order valence-corrected chi connectivity index (χ2v) is 5.87. The van der Waals surface area contributed by atoms with Gasteiger partial charge in [-0.25, -0.2) is 0 Å². The van der Waals surface area contributed by atoms with Gasteiger partial charge in [-0.1, -0.05) is 59.6 Å². The zero-order chi connectivity index (χ0) is 14.4. The maximum absolute atomic E-state index is 6.01. The molecule has 3 heteroatoms. The molecule has 0 spiro atoms. The van der Waals surface area contributed by atoms with Gasteiger partial charge in [0.25, 0.3) is 0 Å². The molecule has 20 heavy (non-hydrogen) atoms. The molecule has 2 rings (SSSR count). The van der Waals surface area contributed by atoms with Crippen LogP contribution in [0.2, 0.25) is 10.0 Å². The van der Waals surface area contributed by atoms with Crippen LogP contribution < -0.4 is 5.32 Å². The van der Waals surface area contributed by atoms with Gasteiger partial charge in [0.15, 0.2) is 0 Å². The minimum atomic E-state index is 0.463. The highest BCUT2D eigenvalue weighted by Crippen LogP contribution is 2.22. The number of benzene rings is 2. The van der Waals surface area contributed by atoms with Crippen molar-refractivity contribution in [3.8, 4) is 0 Å². The molecule has 0 amide bonds. The van der Waals surface area contributed by atoms with E-state index < -0.39 is 0 Å². The van der Waals surface area contributed by atoms with E-state index >= 15 is 0 Å². The Morgan fingerprint density at radius 1 is 0.950 bits per heavy atom. The van der Waals surface area contributed by atoms with Crippen molar-refractivity contribution in [2.75, 3.05) is 0 Å². The first-order chi connectivity index (χ1) is 9.65. The maximum atomic E-state index is 6.01. The summed E-state index contributed by atoms with van der Waals surface area (Å²) >= 11 is 11.9. The van der Waals surface area contributed by atoms with E-state index in [1.54, 1.807) is 0 Å². The van der Waals surface area contributed by atoms with Crippen LogP contribution in [0.5, 0.6) is 0 Å². The summed E-state index contributed by atoms with van der Waals surface area (Å²) in [6.07, 6.45) is 2.21. The average Bonchev–Trinajstić information content (AvgIpc) is 2.47. The van der Waals surface area contributed by atoms with Gasteiger partial charge in [-0.2, -0.15) is 0 Å². The van der Waals surface area contributed by atoms with Gasteiger partial charge in [-0.3, -0.25) is 0 Å². The molecule has 0 heterocycles. The first kappa shape index (κ1) is 15.4. The molecular formula is C17H19Cl2N. The largest absolute Gasteiger partial charge is 0.310 e. The lowest BCUT2D eigenvalue weighted by Gasteiger charge is -2.14. The quantitative estimate of drug-likeness (QED) is 0.782. The summed E-state index contributed by atoms with van der Waals surface area (Å²) in [5.74, 6) is 0. The van der Waals surface area contributed by atoms with Crippen LogP contribution in [0.1, 0.15) is 24.5 Å². The molecule has 0 aromatic heterocycles. The van der Waals surface area contributed by atoms with Crippen LogP contribution in [0.4, 0.5) is 0 Å². The fourth-order valence-corrected chi connectivity index (χ4v) is 2.39. The van der Waals surface area contributed by atoms with E-state index in [-0.39, 0.29) is 0 Å². The maximum Gasteiger partial charge on any atom is 0.0595 e. The molecule has 0 aliphatic carbocycles. The Morgan fingerprint density at radius 3 is 2.40 bits per heavy atom. The third-order valence-electron chi connectivity index (χ3n) is 3.35. The van der Waals surface area contributed by atoms with E-state index in [4.69, 9.17) is 23.2 Å². The summed E-state index contributed by atoms with van der Waals surface area (Å²) in [6, 6.07) is 16.8. The van der Waals surface area contributed by atoms with Gasteiger partial charge < -0.3 is 5.32 Å². The summed E-state index contributed by atoms with van der Waals surface area (Å²) in [5, 5.41) is 4.73. The second kappa shape index (κ2) is 7.68. The molecule has 0 bridgehead atoms. The molecule has 0 radical (unpaired) electrons. The first-order valence-corrected chi connectivity index (χ1v) is 7.62. The normalized spacial score (nSPS) is 12.3. The highest BCUT2D eigenvalue weighted by atomic mass is 35.5. The molecule has 0 fully saturated rings. The minimum Gasteiger partial charge on any atom is -0.310 e. The van der Waals surface area contributed by atoms with Crippen LogP contribution in [0.25, 0.3) is 0 Å². The number of hydrogen-bond donors (Lipinski definition) is 1. The van der Waals surface area contributed by atoms with Crippen molar-refractivity contribution >= 4 is 23.2 Å². The van der Waals surface area contributed by atoms with Gasteiger partial charge in [-0.15, -0.1) is 0 Å². The van der Waals surface area contributed by atoms with E-state index in [9.17, 15) is 0 Å². The van der Waals surface area contributed by atoms with E-state index in [1.165, 1.54) is 5.56 Å². The molecule has 0 saturated carbocycles. The molecule has 1 nitrogen and oxygen atoms in total. The zero-order valence-electron chi connectivity index (χ0n) is 11.6. The standard InChI is InChI=1S/C17H19Cl2N/c1-13(7-8-14-5-3-2-4-6-14)20-12-15-9-10-16(18)17(19)11-15/h2-6,9-11,13,20H,7-8,12H2,1H3/t13-/m1/s1. The van der Waals surface area contributed by atoms with Crippen molar-refractivity contribution in [3.05, 3.63) is 69.7 Å². The van der Waals surface area contributed by atoms with Crippen molar-refractivity contribution in [1.82, 2.24) is 5.32 Å². The van der Waals surface area contributed by atoms with Crippen LogP contribution >= 0.6 is 23.2 Å². The summed E-state index contributed by atoms with van der Waals surface area (Å²) in [7, 11) is 0. The minimum absolute atomic E-state index is 0.463. The van der Waals surface area contributed by atoms with Gasteiger partial charge in [0, 0.05) is 12.6 Å². The zero-order valence-corrected chi connectivity index (χ0v) is 13.1. The number of aryl methyl sites for hydroxylation is 1. The predicted octanol–water partition coefficient (Wildman–Crippen LogP) is 5.10. The number of rotatable bonds is 6.